The maximum atomic E-state index is 12.3. The number of amides is 1. The molecule has 0 heterocycles. The molecule has 6 heteroatoms. The van der Waals surface area contributed by atoms with Gasteiger partial charge in [0.1, 0.15) is 24.7 Å². The summed E-state index contributed by atoms with van der Waals surface area (Å²) in [6, 6.07) is 31.8. The second kappa shape index (κ2) is 11.7. The summed E-state index contributed by atoms with van der Waals surface area (Å²) in [7, 11) is 0. The first-order valence-corrected chi connectivity index (χ1v) is 11.1. The van der Waals surface area contributed by atoms with Crippen molar-refractivity contribution in [3.63, 3.8) is 0 Å². The number of carbonyl (C=O) groups is 1. The minimum atomic E-state index is -0.302. The number of rotatable bonds is 9. The standard InChI is InChI=1S/C28H23ClN2O3/c29-25-12-6-23(7-13-25)20-34-27-16-10-24(11-17-27)28(32)31-30-18-21-8-14-26(15-9-21)33-19-22-4-2-1-3-5-22/h1-18H,19-20H2,(H,31,32)/b30-18+. The average molecular weight is 471 g/mol. The molecular weight excluding hydrogens is 448 g/mol. The van der Waals surface area contributed by atoms with Crippen LogP contribution in [0.25, 0.3) is 0 Å². The van der Waals surface area contributed by atoms with Gasteiger partial charge in [0.25, 0.3) is 5.91 Å². The molecule has 1 amide bonds. The molecule has 4 rings (SSSR count). The third kappa shape index (κ3) is 6.95. The highest BCUT2D eigenvalue weighted by Crippen LogP contribution is 2.16. The normalized spacial score (nSPS) is 10.7. The Bertz CT molecular complexity index is 1220. The van der Waals surface area contributed by atoms with Crippen LogP contribution in [-0.2, 0) is 13.2 Å². The first-order chi connectivity index (χ1) is 16.7. The fourth-order valence-corrected chi connectivity index (χ4v) is 3.20. The van der Waals surface area contributed by atoms with Crippen molar-refractivity contribution in [3.8, 4) is 11.5 Å². The lowest BCUT2D eigenvalue weighted by molar-refractivity contribution is 0.0955. The molecule has 0 aromatic heterocycles. The molecule has 4 aromatic carbocycles. The summed E-state index contributed by atoms with van der Waals surface area (Å²) in [5, 5.41) is 4.73. The number of benzene rings is 4. The van der Waals surface area contributed by atoms with Gasteiger partial charge < -0.3 is 9.47 Å². The van der Waals surface area contributed by atoms with Crippen LogP contribution in [0, 0.1) is 0 Å². The third-order valence-electron chi connectivity index (χ3n) is 4.94. The fourth-order valence-electron chi connectivity index (χ4n) is 3.07. The van der Waals surface area contributed by atoms with E-state index in [0.29, 0.717) is 29.5 Å². The van der Waals surface area contributed by atoms with Crippen LogP contribution in [0.2, 0.25) is 5.02 Å². The lowest BCUT2D eigenvalue weighted by Crippen LogP contribution is -2.17. The summed E-state index contributed by atoms with van der Waals surface area (Å²) in [5.74, 6) is 1.14. The number of hydrogen-bond donors (Lipinski definition) is 1. The number of carbonyl (C=O) groups excluding carboxylic acids is 1. The van der Waals surface area contributed by atoms with E-state index in [4.69, 9.17) is 21.1 Å². The van der Waals surface area contributed by atoms with Gasteiger partial charge in [-0.15, -0.1) is 0 Å². The van der Waals surface area contributed by atoms with Gasteiger partial charge in [-0.1, -0.05) is 54.1 Å². The van der Waals surface area contributed by atoms with E-state index in [-0.39, 0.29) is 5.91 Å². The molecule has 0 aliphatic carbocycles. The van der Waals surface area contributed by atoms with Crippen LogP contribution in [0.3, 0.4) is 0 Å². The van der Waals surface area contributed by atoms with Crippen LogP contribution in [0.4, 0.5) is 0 Å². The van der Waals surface area contributed by atoms with Crippen LogP contribution in [0.1, 0.15) is 27.0 Å². The Morgan fingerprint density at radius 2 is 1.29 bits per heavy atom. The van der Waals surface area contributed by atoms with E-state index in [1.54, 1.807) is 30.5 Å². The number of hydrogen-bond acceptors (Lipinski definition) is 4. The lowest BCUT2D eigenvalue weighted by Gasteiger charge is -2.07. The van der Waals surface area contributed by atoms with Gasteiger partial charge in [-0.2, -0.15) is 5.10 Å². The van der Waals surface area contributed by atoms with E-state index in [0.717, 1.165) is 22.4 Å². The predicted octanol–water partition coefficient (Wildman–Crippen LogP) is 6.26. The van der Waals surface area contributed by atoms with E-state index in [2.05, 4.69) is 10.5 Å². The Hall–Kier alpha value is -4.09. The summed E-state index contributed by atoms with van der Waals surface area (Å²) in [6.07, 6.45) is 1.59. The van der Waals surface area contributed by atoms with Crippen LogP contribution in [0.15, 0.2) is 108 Å². The molecule has 170 valence electrons. The molecule has 34 heavy (non-hydrogen) atoms. The van der Waals surface area contributed by atoms with Crippen molar-refractivity contribution in [2.45, 2.75) is 13.2 Å². The molecule has 0 aliphatic rings. The van der Waals surface area contributed by atoms with Crippen molar-refractivity contribution in [2.75, 3.05) is 0 Å². The molecule has 0 aliphatic heterocycles. The molecule has 0 saturated heterocycles. The van der Waals surface area contributed by atoms with Gasteiger partial charge in [-0.3, -0.25) is 4.79 Å². The highest BCUT2D eigenvalue weighted by molar-refractivity contribution is 6.30. The van der Waals surface area contributed by atoms with Gasteiger partial charge in [0, 0.05) is 10.6 Å². The van der Waals surface area contributed by atoms with E-state index in [1.165, 1.54) is 0 Å². The highest BCUT2D eigenvalue weighted by Gasteiger charge is 2.05. The zero-order chi connectivity index (χ0) is 23.6. The van der Waals surface area contributed by atoms with E-state index in [1.807, 2.05) is 78.9 Å². The maximum absolute atomic E-state index is 12.3. The summed E-state index contributed by atoms with van der Waals surface area (Å²) < 4.78 is 11.5. The SMILES string of the molecule is O=C(N/N=C/c1ccc(OCc2ccccc2)cc1)c1ccc(OCc2ccc(Cl)cc2)cc1. The Labute approximate surface area is 203 Å². The van der Waals surface area contributed by atoms with Gasteiger partial charge in [0.15, 0.2) is 0 Å². The Kier molecular flexibility index (Phi) is 7.93. The number of ether oxygens (including phenoxy) is 2. The number of halogens is 1. The Balaban J connectivity index is 1.23. The van der Waals surface area contributed by atoms with Gasteiger partial charge >= 0.3 is 0 Å². The smallest absolute Gasteiger partial charge is 0.271 e. The second-order valence-electron chi connectivity index (χ2n) is 7.48. The number of nitrogens with one attached hydrogen (secondary N) is 1. The van der Waals surface area contributed by atoms with Crippen molar-refractivity contribution in [1.82, 2.24) is 5.43 Å². The molecular formula is C28H23ClN2O3. The van der Waals surface area contributed by atoms with Crippen LogP contribution < -0.4 is 14.9 Å². The third-order valence-corrected chi connectivity index (χ3v) is 5.20. The van der Waals surface area contributed by atoms with E-state index in [9.17, 15) is 4.79 Å². The average Bonchev–Trinajstić information content (AvgIpc) is 2.89. The van der Waals surface area contributed by atoms with Crippen LogP contribution in [0.5, 0.6) is 11.5 Å². The quantitative estimate of drug-likeness (QED) is 0.232. The van der Waals surface area contributed by atoms with Crippen molar-refractivity contribution in [2.24, 2.45) is 5.10 Å². The van der Waals surface area contributed by atoms with Gasteiger partial charge in [0.05, 0.1) is 6.21 Å². The highest BCUT2D eigenvalue weighted by atomic mass is 35.5. The molecule has 1 N–H and O–H groups in total. The van der Waals surface area contributed by atoms with E-state index < -0.39 is 0 Å². The number of hydrazone groups is 1. The van der Waals surface area contributed by atoms with E-state index >= 15 is 0 Å². The first-order valence-electron chi connectivity index (χ1n) is 10.7. The lowest BCUT2D eigenvalue weighted by atomic mass is 10.2. The molecule has 0 spiro atoms. The monoisotopic (exact) mass is 470 g/mol. The number of nitrogens with zero attached hydrogens (tertiary/aromatic N) is 1. The molecule has 0 fully saturated rings. The predicted molar refractivity (Wildman–Crippen MR) is 135 cm³/mol. The summed E-state index contributed by atoms with van der Waals surface area (Å²) in [4.78, 5) is 12.3. The molecule has 4 aromatic rings. The zero-order valence-electron chi connectivity index (χ0n) is 18.4. The first kappa shape index (κ1) is 23.1. The van der Waals surface area contributed by atoms with Crippen molar-refractivity contribution in [1.29, 1.82) is 0 Å². The minimum Gasteiger partial charge on any atom is -0.489 e. The van der Waals surface area contributed by atoms with Crippen molar-refractivity contribution < 1.29 is 14.3 Å². The molecule has 5 nitrogen and oxygen atoms in total. The topological polar surface area (TPSA) is 59.9 Å². The fraction of sp³-hybridized carbons (Fsp3) is 0.0714. The van der Waals surface area contributed by atoms with Crippen molar-refractivity contribution >= 4 is 23.7 Å². The second-order valence-corrected chi connectivity index (χ2v) is 7.92. The molecule has 0 atom stereocenters. The van der Waals surface area contributed by atoms with Crippen molar-refractivity contribution in [3.05, 3.63) is 130 Å². The van der Waals surface area contributed by atoms with Crippen LogP contribution >= 0.6 is 11.6 Å². The molecule has 0 saturated carbocycles. The summed E-state index contributed by atoms with van der Waals surface area (Å²) in [6.45, 7) is 0.929. The zero-order valence-corrected chi connectivity index (χ0v) is 19.1. The molecule has 0 unspecified atom stereocenters. The minimum absolute atomic E-state index is 0.302. The Morgan fingerprint density at radius 3 is 1.91 bits per heavy atom. The Morgan fingerprint density at radius 1 is 0.735 bits per heavy atom. The van der Waals surface area contributed by atoms with Gasteiger partial charge in [-0.05, 0) is 77.4 Å². The van der Waals surface area contributed by atoms with Gasteiger partial charge in [0.2, 0.25) is 0 Å². The maximum Gasteiger partial charge on any atom is 0.271 e. The van der Waals surface area contributed by atoms with Gasteiger partial charge in [-0.25, -0.2) is 5.43 Å². The van der Waals surface area contributed by atoms with Crippen LogP contribution in [-0.4, -0.2) is 12.1 Å². The molecule has 0 bridgehead atoms. The summed E-state index contributed by atoms with van der Waals surface area (Å²) in [5.41, 5.74) is 5.99. The largest absolute Gasteiger partial charge is 0.489 e. The molecule has 0 radical (unpaired) electrons. The summed E-state index contributed by atoms with van der Waals surface area (Å²) >= 11 is 5.89.